The van der Waals surface area contributed by atoms with Crippen molar-refractivity contribution in [2.75, 3.05) is 5.32 Å². The molecule has 1 aromatic carbocycles. The number of esters is 1. The Balaban J connectivity index is 1.96. The van der Waals surface area contributed by atoms with E-state index in [4.69, 9.17) is 33.1 Å². The van der Waals surface area contributed by atoms with Gasteiger partial charge in [0.1, 0.15) is 9.75 Å². The summed E-state index contributed by atoms with van der Waals surface area (Å²) in [5, 5.41) is 7.49. The van der Waals surface area contributed by atoms with Crippen molar-refractivity contribution >= 4 is 50.8 Å². The van der Waals surface area contributed by atoms with Gasteiger partial charge in [-0.25, -0.2) is 13.6 Å². The molecular formula is C14H16Cl2N2O5S. The van der Waals surface area contributed by atoms with E-state index in [0.717, 1.165) is 0 Å². The van der Waals surface area contributed by atoms with E-state index in [1.165, 1.54) is 31.2 Å². The van der Waals surface area contributed by atoms with Gasteiger partial charge in [-0.15, -0.1) is 23.2 Å². The number of nitrogens with two attached hydrogens (primary N) is 1. The molecule has 1 fully saturated rings. The van der Waals surface area contributed by atoms with Crippen LogP contribution in [-0.4, -0.2) is 30.7 Å². The minimum absolute atomic E-state index is 0.0813. The van der Waals surface area contributed by atoms with Crippen LogP contribution in [0.15, 0.2) is 29.2 Å². The molecule has 2 unspecified atom stereocenters. The second-order valence-corrected chi connectivity index (χ2v) is 8.86. The number of hydrogen-bond donors (Lipinski definition) is 2. The molecule has 0 bridgehead atoms. The number of halogens is 2. The van der Waals surface area contributed by atoms with Gasteiger partial charge in [0.2, 0.25) is 10.0 Å². The number of ether oxygens (including phenoxy) is 1. The Morgan fingerprint density at radius 3 is 2.21 bits per heavy atom. The van der Waals surface area contributed by atoms with Crippen molar-refractivity contribution < 1.29 is 22.7 Å². The molecule has 0 spiro atoms. The van der Waals surface area contributed by atoms with Gasteiger partial charge < -0.3 is 10.1 Å². The molecule has 1 saturated carbocycles. The molecule has 1 aromatic rings. The number of carbonyl (C=O) groups excluding carboxylic acids is 2. The van der Waals surface area contributed by atoms with Crippen LogP contribution in [0.3, 0.4) is 0 Å². The Labute approximate surface area is 149 Å². The van der Waals surface area contributed by atoms with E-state index in [1.807, 2.05) is 0 Å². The van der Waals surface area contributed by atoms with Crippen molar-refractivity contribution in [2.24, 2.45) is 10.6 Å². The lowest BCUT2D eigenvalue weighted by molar-refractivity contribution is -0.158. The van der Waals surface area contributed by atoms with Crippen LogP contribution in [0, 0.1) is 5.41 Å². The maximum atomic E-state index is 12.0. The Bertz CT molecular complexity index is 779. The summed E-state index contributed by atoms with van der Waals surface area (Å²) in [6.07, 6.45) is -0.817. The van der Waals surface area contributed by atoms with E-state index in [9.17, 15) is 18.0 Å². The van der Waals surface area contributed by atoms with Gasteiger partial charge in [-0.1, -0.05) is 0 Å². The molecule has 132 valence electrons. The van der Waals surface area contributed by atoms with Crippen LogP contribution in [0.5, 0.6) is 0 Å². The molecule has 0 radical (unpaired) electrons. The molecule has 7 nitrogen and oxygen atoms in total. The van der Waals surface area contributed by atoms with Crippen LogP contribution < -0.4 is 10.5 Å². The summed E-state index contributed by atoms with van der Waals surface area (Å²) >= 11 is 11.8. The summed E-state index contributed by atoms with van der Waals surface area (Å²) in [6, 6.07) is 5.25. The van der Waals surface area contributed by atoms with E-state index in [-0.39, 0.29) is 11.3 Å². The summed E-state index contributed by atoms with van der Waals surface area (Å²) in [4.78, 5) is 24.0. The smallest absolute Gasteiger partial charge is 0.315 e. The van der Waals surface area contributed by atoms with Gasteiger partial charge in [-0.05, 0) is 38.1 Å². The molecule has 10 heteroatoms. The average Bonchev–Trinajstić information content (AvgIpc) is 2.98. The normalized spacial score (nSPS) is 23.2. The van der Waals surface area contributed by atoms with E-state index in [2.05, 4.69) is 5.32 Å². The van der Waals surface area contributed by atoms with E-state index in [1.54, 1.807) is 6.92 Å². The monoisotopic (exact) mass is 394 g/mol. The number of sulfonamides is 1. The number of carbonyl (C=O) groups is 2. The third kappa shape index (κ3) is 3.83. The summed E-state index contributed by atoms with van der Waals surface area (Å²) < 4.78 is 26.2. The molecular weight excluding hydrogens is 379 g/mol. The molecule has 1 aliphatic carbocycles. The highest BCUT2D eigenvalue weighted by atomic mass is 35.5. The molecule has 2 rings (SSSR count). The van der Waals surface area contributed by atoms with Gasteiger partial charge in [0.05, 0.1) is 4.90 Å². The number of hydrogen-bond acceptors (Lipinski definition) is 5. The number of alkyl halides is 2. The molecule has 0 heterocycles. The Morgan fingerprint density at radius 1 is 1.29 bits per heavy atom. The van der Waals surface area contributed by atoms with Gasteiger partial charge in [-0.2, -0.15) is 0 Å². The molecule has 0 aliphatic heterocycles. The molecule has 0 saturated heterocycles. The molecule has 24 heavy (non-hydrogen) atoms. The van der Waals surface area contributed by atoms with Crippen LogP contribution in [0.1, 0.15) is 20.3 Å². The van der Waals surface area contributed by atoms with Crippen LogP contribution in [0.2, 0.25) is 0 Å². The Hall–Kier alpha value is -1.35. The largest absolute Gasteiger partial charge is 0.452 e. The van der Waals surface area contributed by atoms with Gasteiger partial charge >= 0.3 is 5.97 Å². The zero-order valence-corrected chi connectivity index (χ0v) is 15.2. The van der Waals surface area contributed by atoms with Crippen molar-refractivity contribution in [1.29, 1.82) is 0 Å². The van der Waals surface area contributed by atoms with Crippen molar-refractivity contribution in [3.8, 4) is 0 Å². The number of benzene rings is 1. The summed E-state index contributed by atoms with van der Waals surface area (Å²) in [5.41, 5.74) is -0.695. The number of nitrogens with one attached hydrogen (secondary N) is 1. The predicted molar refractivity (Wildman–Crippen MR) is 89.2 cm³/mol. The molecule has 0 aromatic heterocycles. The van der Waals surface area contributed by atoms with Gasteiger partial charge in [0.15, 0.2) is 6.10 Å². The van der Waals surface area contributed by atoms with Gasteiger partial charge in [0.25, 0.3) is 5.91 Å². The highest BCUT2D eigenvalue weighted by Crippen LogP contribution is 2.64. The molecule has 3 N–H and O–H groups in total. The van der Waals surface area contributed by atoms with Gasteiger partial charge in [0, 0.05) is 12.1 Å². The fourth-order valence-corrected chi connectivity index (χ4v) is 3.14. The van der Waals surface area contributed by atoms with Crippen molar-refractivity contribution in [3.05, 3.63) is 24.3 Å². The maximum absolute atomic E-state index is 12.0. The van der Waals surface area contributed by atoms with Gasteiger partial charge in [-0.3, -0.25) is 9.59 Å². The van der Waals surface area contributed by atoms with Crippen LogP contribution >= 0.6 is 23.2 Å². The summed E-state index contributed by atoms with van der Waals surface area (Å²) in [6.45, 7) is 2.97. The van der Waals surface area contributed by atoms with Crippen molar-refractivity contribution in [2.45, 2.75) is 35.6 Å². The zero-order chi connectivity index (χ0) is 18.3. The number of primary sulfonamides is 1. The SMILES string of the molecule is CC(OC(=O)C1(C)CC1(Cl)Cl)C(=O)Nc1ccc(S(N)(=O)=O)cc1. The zero-order valence-electron chi connectivity index (χ0n) is 12.9. The van der Waals surface area contributed by atoms with Crippen LogP contribution in [-0.2, 0) is 24.3 Å². The number of anilines is 1. The quantitative estimate of drug-likeness (QED) is 0.583. The first-order valence-corrected chi connectivity index (χ1v) is 9.20. The van der Waals surface area contributed by atoms with Crippen molar-refractivity contribution in [1.82, 2.24) is 0 Å². The lowest BCUT2D eigenvalue weighted by atomic mass is 10.1. The lowest BCUT2D eigenvalue weighted by Crippen LogP contribution is -2.33. The Kier molecular flexibility index (Phi) is 4.89. The summed E-state index contributed by atoms with van der Waals surface area (Å²) in [5.74, 6) is -1.23. The van der Waals surface area contributed by atoms with E-state index in [0.29, 0.717) is 5.69 Å². The first-order valence-electron chi connectivity index (χ1n) is 6.89. The van der Waals surface area contributed by atoms with Crippen molar-refractivity contribution in [3.63, 3.8) is 0 Å². The lowest BCUT2D eigenvalue weighted by Gasteiger charge is -2.17. The minimum atomic E-state index is -3.81. The fraction of sp³-hybridized carbons (Fsp3) is 0.429. The second-order valence-electron chi connectivity index (χ2n) is 5.82. The number of rotatable bonds is 5. The highest BCUT2D eigenvalue weighted by Gasteiger charge is 2.69. The topological polar surface area (TPSA) is 116 Å². The van der Waals surface area contributed by atoms with E-state index < -0.39 is 37.8 Å². The Morgan fingerprint density at radius 2 is 1.79 bits per heavy atom. The van der Waals surface area contributed by atoms with Crippen LogP contribution in [0.4, 0.5) is 5.69 Å². The first-order chi connectivity index (χ1) is 10.9. The first kappa shape index (κ1) is 19.0. The van der Waals surface area contributed by atoms with E-state index >= 15 is 0 Å². The minimum Gasteiger partial charge on any atom is -0.452 e. The third-order valence-corrected chi connectivity index (χ3v) is 5.84. The fourth-order valence-electron chi connectivity index (χ4n) is 1.94. The van der Waals surface area contributed by atoms with Crippen LogP contribution in [0.25, 0.3) is 0 Å². The standard InChI is InChI=1S/C14H16Cl2N2O5S/c1-8(23-12(20)13(2)7-14(13,15)16)11(19)18-9-3-5-10(6-4-9)24(17,21)22/h3-6,8H,7H2,1-2H3,(H,18,19)(H2,17,21,22). The second kappa shape index (κ2) is 6.18. The average molecular weight is 395 g/mol. The third-order valence-electron chi connectivity index (χ3n) is 3.81. The molecule has 2 atom stereocenters. The molecule has 1 aliphatic rings. The predicted octanol–water partition coefficient (Wildman–Crippen LogP) is 1.79. The highest BCUT2D eigenvalue weighted by molar-refractivity contribution is 7.89. The summed E-state index contributed by atoms with van der Waals surface area (Å²) in [7, 11) is -3.81. The molecule has 1 amide bonds. The maximum Gasteiger partial charge on any atom is 0.315 e. The number of amides is 1.